The first-order valence-corrected chi connectivity index (χ1v) is 8.84. The lowest BCUT2D eigenvalue weighted by Crippen LogP contribution is -2.14. The highest BCUT2D eigenvalue weighted by Crippen LogP contribution is 2.34. The van der Waals surface area contributed by atoms with Crippen molar-refractivity contribution in [2.24, 2.45) is 0 Å². The van der Waals surface area contributed by atoms with E-state index in [0.717, 1.165) is 11.1 Å². The number of aliphatic carboxylic acids is 1. The van der Waals surface area contributed by atoms with E-state index in [9.17, 15) is 9.59 Å². The summed E-state index contributed by atoms with van der Waals surface area (Å²) in [7, 11) is 0. The van der Waals surface area contributed by atoms with Gasteiger partial charge in [0, 0.05) is 11.6 Å². The molecule has 0 radical (unpaired) electrons. The minimum Gasteiger partial charge on any atom is -0.482 e. The van der Waals surface area contributed by atoms with Crippen LogP contribution in [-0.2, 0) is 10.2 Å². The van der Waals surface area contributed by atoms with Crippen molar-refractivity contribution in [3.8, 4) is 17.2 Å². The minimum atomic E-state index is -1.09. The van der Waals surface area contributed by atoms with Gasteiger partial charge >= 0.3 is 5.97 Å². The first kappa shape index (κ1) is 19.5. The van der Waals surface area contributed by atoms with Crippen LogP contribution in [0.1, 0.15) is 31.9 Å². The van der Waals surface area contributed by atoms with Crippen LogP contribution in [0.4, 0.5) is 0 Å². The molecule has 0 unspecified atom stereocenters. The SMILES string of the molecule is Cc1ccc(Oc2coc3cc(OCC(=O)O)ccc3c2=O)c(C(C)(C)C)c1. The molecule has 0 amide bonds. The third-order valence-electron chi connectivity index (χ3n) is 4.24. The van der Waals surface area contributed by atoms with E-state index in [1.54, 1.807) is 0 Å². The Hall–Kier alpha value is -3.28. The fourth-order valence-electron chi connectivity index (χ4n) is 2.83. The van der Waals surface area contributed by atoms with Crippen molar-refractivity contribution in [3.05, 3.63) is 64.0 Å². The van der Waals surface area contributed by atoms with E-state index < -0.39 is 12.6 Å². The van der Waals surface area contributed by atoms with Crippen molar-refractivity contribution >= 4 is 16.9 Å². The fraction of sp³-hybridized carbons (Fsp3) is 0.273. The predicted octanol–water partition coefficient (Wildman–Crippen LogP) is 4.65. The maximum absolute atomic E-state index is 12.8. The van der Waals surface area contributed by atoms with E-state index in [4.69, 9.17) is 19.0 Å². The van der Waals surface area contributed by atoms with Gasteiger partial charge in [-0.3, -0.25) is 4.79 Å². The normalized spacial score (nSPS) is 11.4. The summed E-state index contributed by atoms with van der Waals surface area (Å²) in [5.41, 5.74) is 1.92. The molecule has 0 saturated carbocycles. The second-order valence-electron chi connectivity index (χ2n) is 7.62. The zero-order valence-electron chi connectivity index (χ0n) is 16.2. The smallest absolute Gasteiger partial charge is 0.341 e. The molecule has 1 heterocycles. The van der Waals surface area contributed by atoms with Gasteiger partial charge in [-0.1, -0.05) is 38.5 Å². The Kier molecular flexibility index (Phi) is 5.14. The molecule has 0 bridgehead atoms. The second kappa shape index (κ2) is 7.38. The molecule has 0 aliphatic carbocycles. The summed E-state index contributed by atoms with van der Waals surface area (Å²) in [6, 6.07) is 10.4. The van der Waals surface area contributed by atoms with Gasteiger partial charge < -0.3 is 19.0 Å². The summed E-state index contributed by atoms with van der Waals surface area (Å²) in [4.78, 5) is 23.4. The maximum Gasteiger partial charge on any atom is 0.341 e. The Labute approximate surface area is 162 Å². The number of carboxylic acids is 1. The van der Waals surface area contributed by atoms with E-state index in [0.29, 0.717) is 22.5 Å². The second-order valence-corrected chi connectivity index (χ2v) is 7.62. The number of rotatable bonds is 5. The van der Waals surface area contributed by atoms with Crippen molar-refractivity contribution in [2.75, 3.05) is 6.61 Å². The van der Waals surface area contributed by atoms with Gasteiger partial charge in [0.2, 0.25) is 11.2 Å². The summed E-state index contributed by atoms with van der Waals surface area (Å²) in [5, 5.41) is 9.01. The van der Waals surface area contributed by atoms with E-state index in [1.165, 1.54) is 24.5 Å². The van der Waals surface area contributed by atoms with Crippen LogP contribution in [0.3, 0.4) is 0 Å². The van der Waals surface area contributed by atoms with Gasteiger partial charge in [0.15, 0.2) is 6.61 Å². The van der Waals surface area contributed by atoms with Crippen molar-refractivity contribution in [1.82, 2.24) is 0 Å². The Morgan fingerprint density at radius 3 is 2.54 bits per heavy atom. The monoisotopic (exact) mass is 382 g/mol. The number of fused-ring (bicyclic) bond motifs is 1. The van der Waals surface area contributed by atoms with Crippen molar-refractivity contribution in [1.29, 1.82) is 0 Å². The highest BCUT2D eigenvalue weighted by atomic mass is 16.5. The summed E-state index contributed by atoms with van der Waals surface area (Å²) < 4.78 is 16.6. The Morgan fingerprint density at radius 1 is 1.11 bits per heavy atom. The number of carboxylic acid groups (broad SMARTS) is 1. The van der Waals surface area contributed by atoms with Crippen LogP contribution >= 0.6 is 0 Å². The Bertz CT molecular complexity index is 1090. The first-order chi connectivity index (χ1) is 13.1. The molecule has 0 atom stereocenters. The molecule has 146 valence electrons. The van der Waals surface area contributed by atoms with Crippen LogP contribution in [0.25, 0.3) is 11.0 Å². The van der Waals surface area contributed by atoms with Crippen LogP contribution in [-0.4, -0.2) is 17.7 Å². The van der Waals surface area contributed by atoms with Crippen LogP contribution in [0, 0.1) is 6.92 Å². The number of aryl methyl sites for hydroxylation is 1. The zero-order valence-corrected chi connectivity index (χ0v) is 16.2. The third kappa shape index (κ3) is 4.17. The van der Waals surface area contributed by atoms with Crippen molar-refractivity contribution in [2.45, 2.75) is 33.1 Å². The predicted molar refractivity (Wildman–Crippen MR) is 106 cm³/mol. The number of benzene rings is 2. The van der Waals surface area contributed by atoms with Gasteiger partial charge in [0.05, 0.1) is 5.39 Å². The van der Waals surface area contributed by atoms with Gasteiger partial charge in [0.1, 0.15) is 23.3 Å². The number of carbonyl (C=O) groups is 1. The minimum absolute atomic E-state index is 0.0843. The van der Waals surface area contributed by atoms with Crippen LogP contribution in [0.2, 0.25) is 0 Å². The van der Waals surface area contributed by atoms with Gasteiger partial charge in [-0.25, -0.2) is 4.79 Å². The molecule has 28 heavy (non-hydrogen) atoms. The lowest BCUT2D eigenvalue weighted by Gasteiger charge is -2.23. The van der Waals surface area contributed by atoms with E-state index >= 15 is 0 Å². The van der Waals surface area contributed by atoms with Crippen molar-refractivity contribution in [3.63, 3.8) is 0 Å². The van der Waals surface area contributed by atoms with Crippen molar-refractivity contribution < 1.29 is 23.8 Å². The Morgan fingerprint density at radius 2 is 1.86 bits per heavy atom. The van der Waals surface area contributed by atoms with Crippen LogP contribution in [0.5, 0.6) is 17.2 Å². The van der Waals surface area contributed by atoms with Crippen LogP contribution < -0.4 is 14.9 Å². The number of hydrogen-bond acceptors (Lipinski definition) is 5. The van der Waals surface area contributed by atoms with Gasteiger partial charge in [-0.15, -0.1) is 0 Å². The van der Waals surface area contributed by atoms with Gasteiger partial charge in [0.25, 0.3) is 0 Å². The molecule has 0 aliphatic rings. The molecular weight excluding hydrogens is 360 g/mol. The lowest BCUT2D eigenvalue weighted by molar-refractivity contribution is -0.139. The Balaban J connectivity index is 1.97. The molecular formula is C22H22O6. The summed E-state index contributed by atoms with van der Waals surface area (Å²) >= 11 is 0. The molecule has 3 aromatic rings. The summed E-state index contributed by atoms with van der Waals surface area (Å²) in [6.07, 6.45) is 1.26. The fourth-order valence-corrected chi connectivity index (χ4v) is 2.83. The topological polar surface area (TPSA) is 86.0 Å². The lowest BCUT2D eigenvalue weighted by atomic mass is 9.85. The van der Waals surface area contributed by atoms with E-state index in [-0.39, 0.29) is 16.6 Å². The highest BCUT2D eigenvalue weighted by Gasteiger charge is 2.21. The largest absolute Gasteiger partial charge is 0.482 e. The quantitative estimate of drug-likeness (QED) is 0.691. The molecule has 0 spiro atoms. The summed E-state index contributed by atoms with van der Waals surface area (Å²) in [6.45, 7) is 7.77. The first-order valence-electron chi connectivity index (χ1n) is 8.84. The number of hydrogen-bond donors (Lipinski definition) is 1. The van der Waals surface area contributed by atoms with Gasteiger partial charge in [-0.05, 0) is 30.5 Å². The molecule has 1 N–H and O–H groups in total. The average Bonchev–Trinajstić information content (AvgIpc) is 2.62. The molecule has 6 heteroatoms. The maximum atomic E-state index is 12.8. The highest BCUT2D eigenvalue weighted by molar-refractivity contribution is 5.79. The molecule has 0 aliphatic heterocycles. The zero-order chi connectivity index (χ0) is 20.5. The molecule has 0 saturated heterocycles. The molecule has 3 rings (SSSR count). The molecule has 2 aromatic carbocycles. The molecule has 1 aromatic heterocycles. The van der Waals surface area contributed by atoms with E-state index in [2.05, 4.69) is 20.8 Å². The van der Waals surface area contributed by atoms with Gasteiger partial charge in [-0.2, -0.15) is 0 Å². The number of ether oxygens (including phenoxy) is 2. The third-order valence-corrected chi connectivity index (χ3v) is 4.24. The molecule has 0 fully saturated rings. The molecule has 6 nitrogen and oxygen atoms in total. The van der Waals surface area contributed by atoms with Crippen LogP contribution in [0.15, 0.2) is 51.9 Å². The summed E-state index contributed by atoms with van der Waals surface area (Å²) in [5.74, 6) is -0.0921. The average molecular weight is 382 g/mol. The standard InChI is InChI=1S/C22H22O6/c1-13-5-8-17(16(9-13)22(2,3)4)28-19-11-27-18-10-14(26-12-20(23)24)6-7-15(18)21(19)25/h5-11H,12H2,1-4H3,(H,23,24). The van der Waals surface area contributed by atoms with E-state index in [1.807, 2.05) is 25.1 Å².